The van der Waals surface area contributed by atoms with Gasteiger partial charge in [-0.05, 0) is 55.0 Å². The summed E-state index contributed by atoms with van der Waals surface area (Å²) < 4.78 is 1.60. The molecule has 130 valence electrons. The van der Waals surface area contributed by atoms with Crippen LogP contribution in [0.5, 0.6) is 0 Å². The van der Waals surface area contributed by atoms with Gasteiger partial charge >= 0.3 is 5.97 Å². The van der Waals surface area contributed by atoms with Gasteiger partial charge in [0.1, 0.15) is 11.2 Å². The maximum Gasteiger partial charge on any atom is 0.315 e. The zero-order chi connectivity index (χ0) is 17.9. The summed E-state index contributed by atoms with van der Waals surface area (Å²) in [4.78, 5) is 33.6. The average molecular weight is 347 g/mol. The van der Waals surface area contributed by atoms with E-state index >= 15 is 0 Å². The van der Waals surface area contributed by atoms with Gasteiger partial charge in [-0.15, -0.1) is 0 Å². The maximum atomic E-state index is 13.1. The van der Waals surface area contributed by atoms with Crippen LogP contribution in [0.2, 0.25) is 0 Å². The molecule has 0 amide bonds. The zero-order valence-corrected chi connectivity index (χ0v) is 14.1. The molecule has 3 heterocycles. The number of aliphatic carboxylic acids is 1. The molecule has 1 N–H and O–H groups in total. The van der Waals surface area contributed by atoms with Crippen molar-refractivity contribution in [2.75, 3.05) is 0 Å². The van der Waals surface area contributed by atoms with E-state index in [1.807, 2.05) is 18.2 Å². The minimum absolute atomic E-state index is 0.0840. The quantitative estimate of drug-likeness (QED) is 0.902. The lowest BCUT2D eigenvalue weighted by molar-refractivity contribution is -0.141. The van der Waals surface area contributed by atoms with Crippen molar-refractivity contribution in [1.82, 2.24) is 14.5 Å². The van der Waals surface area contributed by atoms with E-state index in [4.69, 9.17) is 4.98 Å². The Morgan fingerprint density at radius 2 is 2.27 bits per heavy atom. The van der Waals surface area contributed by atoms with Crippen LogP contribution in [0.15, 0.2) is 35.4 Å². The number of nitrogens with zero attached hydrogens (tertiary/aromatic N) is 3. The fourth-order valence-corrected chi connectivity index (χ4v) is 4.16. The third-order valence-corrected chi connectivity index (χ3v) is 5.64. The second-order valence-electron chi connectivity index (χ2n) is 7.18. The molecular formula is C20H17N3O3. The SMILES string of the molecule is O=C(O)C12C=Cc3nc4c(c(=O)n3C1C2)CCC/C4=C/c1cccnc1. The summed E-state index contributed by atoms with van der Waals surface area (Å²) in [5.41, 5.74) is 2.48. The highest BCUT2D eigenvalue weighted by atomic mass is 16.4. The number of carboxylic acids is 1. The van der Waals surface area contributed by atoms with E-state index in [1.165, 1.54) is 0 Å². The summed E-state index contributed by atoms with van der Waals surface area (Å²) in [6, 6.07) is 3.55. The molecule has 6 heteroatoms. The van der Waals surface area contributed by atoms with Crippen molar-refractivity contribution in [1.29, 1.82) is 0 Å². The number of hydrogen-bond donors (Lipinski definition) is 1. The van der Waals surface area contributed by atoms with Gasteiger partial charge < -0.3 is 5.11 Å². The van der Waals surface area contributed by atoms with Gasteiger partial charge in [0.2, 0.25) is 0 Å². The van der Waals surface area contributed by atoms with E-state index in [0.29, 0.717) is 24.2 Å². The van der Waals surface area contributed by atoms with E-state index in [-0.39, 0.29) is 11.6 Å². The van der Waals surface area contributed by atoms with E-state index < -0.39 is 11.4 Å². The molecule has 2 aliphatic carbocycles. The third-order valence-electron chi connectivity index (χ3n) is 5.64. The van der Waals surface area contributed by atoms with Crippen LogP contribution in [0.3, 0.4) is 0 Å². The molecule has 26 heavy (non-hydrogen) atoms. The van der Waals surface area contributed by atoms with Gasteiger partial charge in [-0.2, -0.15) is 0 Å². The number of fused-ring (bicyclic) bond motifs is 4. The van der Waals surface area contributed by atoms with Gasteiger partial charge in [0.05, 0.1) is 11.7 Å². The van der Waals surface area contributed by atoms with Crippen LogP contribution < -0.4 is 5.56 Å². The van der Waals surface area contributed by atoms with Gasteiger partial charge in [-0.3, -0.25) is 19.1 Å². The largest absolute Gasteiger partial charge is 0.481 e. The van der Waals surface area contributed by atoms with Crippen LogP contribution in [-0.2, 0) is 11.2 Å². The summed E-state index contributed by atoms with van der Waals surface area (Å²) in [5, 5.41) is 9.50. The first-order valence-electron chi connectivity index (χ1n) is 8.79. The summed E-state index contributed by atoms with van der Waals surface area (Å²) in [5.74, 6) is -0.307. The predicted molar refractivity (Wildman–Crippen MR) is 96.3 cm³/mol. The fourth-order valence-electron chi connectivity index (χ4n) is 4.16. The van der Waals surface area contributed by atoms with Gasteiger partial charge in [-0.25, -0.2) is 4.98 Å². The Hall–Kier alpha value is -3.02. The molecule has 0 spiro atoms. The summed E-state index contributed by atoms with van der Waals surface area (Å²) in [6.45, 7) is 0. The van der Waals surface area contributed by atoms with Gasteiger partial charge in [-0.1, -0.05) is 12.1 Å². The fraction of sp³-hybridized carbons (Fsp3) is 0.300. The van der Waals surface area contributed by atoms with E-state index in [1.54, 1.807) is 29.1 Å². The average Bonchev–Trinajstić information content (AvgIpc) is 3.40. The number of rotatable bonds is 2. The lowest BCUT2D eigenvalue weighted by Crippen LogP contribution is -2.33. The Labute approximate surface area is 149 Å². The zero-order valence-electron chi connectivity index (χ0n) is 14.1. The van der Waals surface area contributed by atoms with Crippen molar-refractivity contribution in [2.24, 2.45) is 5.41 Å². The van der Waals surface area contributed by atoms with Crippen LogP contribution in [0, 0.1) is 5.41 Å². The lowest BCUT2D eigenvalue weighted by Gasteiger charge is -2.23. The number of carbonyl (C=O) groups is 1. The Morgan fingerprint density at radius 3 is 3.04 bits per heavy atom. The predicted octanol–water partition coefficient (Wildman–Crippen LogP) is 2.56. The molecule has 2 unspecified atom stereocenters. The molecule has 1 aliphatic heterocycles. The van der Waals surface area contributed by atoms with Gasteiger partial charge in [0, 0.05) is 18.0 Å². The molecule has 6 nitrogen and oxygen atoms in total. The molecule has 0 aromatic carbocycles. The summed E-state index contributed by atoms with van der Waals surface area (Å²) in [6.07, 6.45) is 11.8. The molecule has 1 fully saturated rings. The number of hydrogen-bond acceptors (Lipinski definition) is 4. The minimum Gasteiger partial charge on any atom is -0.481 e. The summed E-state index contributed by atoms with van der Waals surface area (Å²) in [7, 11) is 0. The lowest BCUT2D eigenvalue weighted by atomic mass is 9.90. The molecule has 2 atom stereocenters. The van der Waals surface area contributed by atoms with E-state index in [9.17, 15) is 14.7 Å². The number of allylic oxidation sites excluding steroid dienone is 1. The number of carboxylic acid groups (broad SMARTS) is 1. The second-order valence-corrected chi connectivity index (χ2v) is 7.18. The van der Waals surface area contributed by atoms with Crippen LogP contribution in [0.1, 0.15) is 47.9 Å². The van der Waals surface area contributed by atoms with Crippen molar-refractivity contribution in [3.8, 4) is 0 Å². The second kappa shape index (κ2) is 5.24. The number of aromatic nitrogens is 3. The van der Waals surface area contributed by atoms with Crippen molar-refractivity contribution in [3.63, 3.8) is 0 Å². The molecule has 2 aromatic heterocycles. The Morgan fingerprint density at radius 1 is 1.38 bits per heavy atom. The van der Waals surface area contributed by atoms with Crippen molar-refractivity contribution in [2.45, 2.75) is 31.7 Å². The first kappa shape index (κ1) is 15.3. The summed E-state index contributed by atoms with van der Waals surface area (Å²) >= 11 is 0. The maximum absolute atomic E-state index is 13.1. The van der Waals surface area contributed by atoms with Crippen LogP contribution in [-0.4, -0.2) is 25.6 Å². The minimum atomic E-state index is -0.921. The Balaban J connectivity index is 1.66. The normalized spacial score (nSPS) is 26.8. The number of pyridine rings is 1. The van der Waals surface area contributed by atoms with Crippen molar-refractivity contribution in [3.05, 3.63) is 63.6 Å². The Bertz CT molecular complexity index is 1050. The van der Waals surface area contributed by atoms with Crippen LogP contribution in [0.4, 0.5) is 0 Å². The highest BCUT2D eigenvalue weighted by molar-refractivity contribution is 5.85. The van der Waals surface area contributed by atoms with Crippen molar-refractivity contribution >= 4 is 23.7 Å². The van der Waals surface area contributed by atoms with Crippen LogP contribution >= 0.6 is 0 Å². The highest BCUT2D eigenvalue weighted by Crippen LogP contribution is 2.59. The highest BCUT2D eigenvalue weighted by Gasteiger charge is 2.62. The van der Waals surface area contributed by atoms with E-state index in [0.717, 1.165) is 29.7 Å². The third kappa shape index (κ3) is 2.05. The topological polar surface area (TPSA) is 85.1 Å². The molecular weight excluding hydrogens is 330 g/mol. The van der Waals surface area contributed by atoms with Gasteiger partial charge in [0.25, 0.3) is 5.56 Å². The van der Waals surface area contributed by atoms with E-state index in [2.05, 4.69) is 4.98 Å². The van der Waals surface area contributed by atoms with Crippen LogP contribution in [0.25, 0.3) is 17.7 Å². The first-order chi connectivity index (χ1) is 12.6. The molecule has 0 radical (unpaired) electrons. The monoisotopic (exact) mass is 347 g/mol. The molecule has 3 aliphatic rings. The molecule has 1 saturated carbocycles. The standard InChI is InChI=1S/C20H17N3O3/c24-18-14-5-1-4-13(9-12-3-2-8-21-11-12)17(14)22-16-6-7-20(19(25)26)10-15(20)23(16)18/h2-3,6-9,11,15H,1,4-5,10H2,(H,25,26)/b13-9-. The Kier molecular flexibility index (Phi) is 3.07. The smallest absolute Gasteiger partial charge is 0.315 e. The molecule has 2 aromatic rings. The first-order valence-corrected chi connectivity index (χ1v) is 8.79. The van der Waals surface area contributed by atoms with Gasteiger partial charge in [0.15, 0.2) is 0 Å². The van der Waals surface area contributed by atoms with Crippen molar-refractivity contribution < 1.29 is 9.90 Å². The molecule has 0 bridgehead atoms. The molecule has 5 rings (SSSR count). The molecule has 0 saturated heterocycles.